The van der Waals surface area contributed by atoms with Crippen LogP contribution in [-0.4, -0.2) is 17.9 Å². The number of Topliss-reactive ketones (excluding diaryl/α,β-unsaturated/α-hetero) is 1. The number of amides is 1. The molecule has 1 aliphatic rings. The van der Waals surface area contributed by atoms with Crippen molar-refractivity contribution in [2.24, 2.45) is 0 Å². The number of benzene rings is 1. The Bertz CT molecular complexity index is 528. The average Bonchev–Trinajstić information content (AvgIpc) is 2.54. The van der Waals surface area contributed by atoms with Crippen LogP contribution in [0.25, 0.3) is 0 Å². The van der Waals surface area contributed by atoms with Gasteiger partial charge in [0.05, 0.1) is 6.04 Å². The third kappa shape index (κ3) is 2.40. The van der Waals surface area contributed by atoms with Gasteiger partial charge in [0.25, 0.3) is 0 Å². The highest BCUT2D eigenvalue weighted by Crippen LogP contribution is 2.33. The molecule has 1 N–H and O–H groups in total. The van der Waals surface area contributed by atoms with Crippen molar-refractivity contribution in [3.8, 4) is 0 Å². The van der Waals surface area contributed by atoms with Crippen molar-refractivity contribution in [2.75, 3.05) is 0 Å². The fourth-order valence-corrected chi connectivity index (χ4v) is 2.21. The minimum atomic E-state index is -4.94. The summed E-state index contributed by atoms with van der Waals surface area (Å²) in [5.41, 5.74) is 0.762. The van der Waals surface area contributed by atoms with Crippen LogP contribution in [-0.2, 0) is 4.79 Å². The Morgan fingerprint density at radius 1 is 1.39 bits per heavy atom. The van der Waals surface area contributed by atoms with Gasteiger partial charge in [0.1, 0.15) is 0 Å². The fourth-order valence-electron chi connectivity index (χ4n) is 1.85. The molecule has 0 aliphatic heterocycles. The van der Waals surface area contributed by atoms with Crippen molar-refractivity contribution in [3.63, 3.8) is 0 Å². The standard InChI is InChI=1S/C11H7BrF3NO2/c12-5-1-2-6-7(3-5)9(17)4-8(6)16-10(18)11(13,14)15/h1-3,8H,4H2,(H,16,18). The molecule has 0 spiro atoms. The Kier molecular flexibility index (Phi) is 3.18. The first-order valence-corrected chi connectivity index (χ1v) is 5.78. The molecule has 1 atom stereocenters. The maximum atomic E-state index is 12.1. The summed E-state index contributed by atoms with van der Waals surface area (Å²) in [6, 6.07) is 3.78. The third-order valence-corrected chi connectivity index (χ3v) is 3.14. The fraction of sp³-hybridized carbons (Fsp3) is 0.273. The van der Waals surface area contributed by atoms with Gasteiger partial charge in [-0.05, 0) is 17.7 Å². The van der Waals surface area contributed by atoms with E-state index in [1.807, 2.05) is 5.32 Å². The van der Waals surface area contributed by atoms with E-state index in [9.17, 15) is 22.8 Å². The van der Waals surface area contributed by atoms with Gasteiger partial charge in [-0.15, -0.1) is 0 Å². The normalized spacial score (nSPS) is 18.7. The lowest BCUT2D eigenvalue weighted by Gasteiger charge is -2.14. The second-order valence-corrected chi connectivity index (χ2v) is 4.80. The van der Waals surface area contributed by atoms with Crippen molar-refractivity contribution >= 4 is 27.6 Å². The van der Waals surface area contributed by atoms with Crippen molar-refractivity contribution in [3.05, 3.63) is 33.8 Å². The first-order chi connectivity index (χ1) is 8.29. The van der Waals surface area contributed by atoms with Gasteiger partial charge in [-0.3, -0.25) is 9.59 Å². The van der Waals surface area contributed by atoms with Gasteiger partial charge in [-0.2, -0.15) is 13.2 Å². The number of rotatable bonds is 1. The number of ketones is 1. The van der Waals surface area contributed by atoms with E-state index in [2.05, 4.69) is 15.9 Å². The highest BCUT2D eigenvalue weighted by molar-refractivity contribution is 9.10. The molecule has 0 fully saturated rings. The molecule has 0 saturated carbocycles. The lowest BCUT2D eigenvalue weighted by Crippen LogP contribution is -2.38. The molecular formula is C11H7BrF3NO2. The van der Waals surface area contributed by atoms with Crippen LogP contribution in [0.5, 0.6) is 0 Å². The Balaban J connectivity index is 2.25. The number of hydrogen-bond acceptors (Lipinski definition) is 2. The summed E-state index contributed by atoms with van der Waals surface area (Å²) < 4.78 is 37.1. The molecule has 18 heavy (non-hydrogen) atoms. The van der Waals surface area contributed by atoms with E-state index in [-0.39, 0.29) is 12.2 Å². The lowest BCUT2D eigenvalue weighted by atomic mass is 10.1. The maximum Gasteiger partial charge on any atom is 0.471 e. The summed E-state index contributed by atoms with van der Waals surface area (Å²) in [5.74, 6) is -2.31. The quantitative estimate of drug-likeness (QED) is 0.864. The van der Waals surface area contributed by atoms with Crippen LogP contribution in [0.4, 0.5) is 13.2 Å². The van der Waals surface area contributed by atoms with E-state index in [0.29, 0.717) is 15.6 Å². The van der Waals surface area contributed by atoms with Crippen molar-refractivity contribution in [1.29, 1.82) is 0 Å². The topological polar surface area (TPSA) is 46.2 Å². The SMILES string of the molecule is O=C1CC(NC(=O)C(F)(F)F)c2ccc(Br)cc21. The van der Waals surface area contributed by atoms with E-state index in [1.54, 1.807) is 6.07 Å². The molecule has 2 rings (SSSR count). The van der Waals surface area contributed by atoms with Gasteiger partial charge < -0.3 is 5.32 Å². The Hall–Kier alpha value is -1.37. The number of carbonyl (C=O) groups is 2. The lowest BCUT2D eigenvalue weighted by molar-refractivity contribution is -0.174. The van der Waals surface area contributed by atoms with Gasteiger partial charge in [-0.1, -0.05) is 22.0 Å². The molecule has 1 unspecified atom stereocenters. The van der Waals surface area contributed by atoms with Gasteiger partial charge in [-0.25, -0.2) is 0 Å². The summed E-state index contributed by atoms with van der Waals surface area (Å²) in [6.45, 7) is 0. The summed E-state index contributed by atoms with van der Waals surface area (Å²) in [7, 11) is 0. The number of alkyl halides is 3. The molecule has 1 aliphatic carbocycles. The van der Waals surface area contributed by atoms with Gasteiger partial charge >= 0.3 is 12.1 Å². The molecule has 1 amide bonds. The van der Waals surface area contributed by atoms with Crippen LogP contribution in [0.3, 0.4) is 0 Å². The zero-order chi connectivity index (χ0) is 13.5. The highest BCUT2D eigenvalue weighted by atomic mass is 79.9. The van der Waals surface area contributed by atoms with Crippen LogP contribution in [0.15, 0.2) is 22.7 Å². The molecular weight excluding hydrogens is 315 g/mol. The van der Waals surface area contributed by atoms with Crippen LogP contribution >= 0.6 is 15.9 Å². The summed E-state index contributed by atoms with van der Waals surface area (Å²) in [4.78, 5) is 22.5. The van der Waals surface area contributed by atoms with Crippen LogP contribution in [0.1, 0.15) is 28.4 Å². The largest absolute Gasteiger partial charge is 0.471 e. The average molecular weight is 322 g/mol. The van der Waals surface area contributed by atoms with Crippen molar-refractivity contribution < 1.29 is 22.8 Å². The second kappa shape index (κ2) is 4.38. The number of nitrogens with one attached hydrogen (secondary N) is 1. The van der Waals surface area contributed by atoms with E-state index in [0.717, 1.165) is 0 Å². The van der Waals surface area contributed by atoms with Gasteiger partial charge in [0.15, 0.2) is 5.78 Å². The molecule has 3 nitrogen and oxygen atoms in total. The monoisotopic (exact) mass is 321 g/mol. The van der Waals surface area contributed by atoms with Crippen LogP contribution < -0.4 is 5.32 Å². The van der Waals surface area contributed by atoms with Crippen molar-refractivity contribution in [2.45, 2.75) is 18.6 Å². The third-order valence-electron chi connectivity index (χ3n) is 2.64. The zero-order valence-electron chi connectivity index (χ0n) is 8.84. The second-order valence-electron chi connectivity index (χ2n) is 3.88. The summed E-state index contributed by atoms with van der Waals surface area (Å²) in [5, 5.41) is 1.82. The first-order valence-electron chi connectivity index (χ1n) is 4.99. The van der Waals surface area contributed by atoms with E-state index in [4.69, 9.17) is 0 Å². The predicted molar refractivity (Wildman–Crippen MR) is 60.0 cm³/mol. The Morgan fingerprint density at radius 2 is 2.06 bits per heavy atom. The molecule has 7 heteroatoms. The maximum absolute atomic E-state index is 12.1. The van der Waals surface area contributed by atoms with Crippen molar-refractivity contribution in [1.82, 2.24) is 5.32 Å². The molecule has 0 bridgehead atoms. The summed E-state index contributed by atoms with van der Waals surface area (Å²) in [6.07, 6.45) is -5.09. The Morgan fingerprint density at radius 3 is 2.67 bits per heavy atom. The van der Waals surface area contributed by atoms with E-state index < -0.39 is 18.1 Å². The van der Waals surface area contributed by atoms with Crippen LogP contribution in [0, 0.1) is 0 Å². The smallest absolute Gasteiger partial charge is 0.341 e. The van der Waals surface area contributed by atoms with Gasteiger partial charge in [0, 0.05) is 16.5 Å². The van der Waals surface area contributed by atoms with E-state index >= 15 is 0 Å². The number of carbonyl (C=O) groups excluding carboxylic acids is 2. The van der Waals surface area contributed by atoms with Crippen LogP contribution in [0.2, 0.25) is 0 Å². The molecule has 96 valence electrons. The highest BCUT2D eigenvalue weighted by Gasteiger charge is 2.41. The number of fused-ring (bicyclic) bond motifs is 1. The molecule has 1 aromatic carbocycles. The summed E-state index contributed by atoms with van der Waals surface area (Å²) >= 11 is 3.18. The molecule has 0 radical (unpaired) electrons. The predicted octanol–water partition coefficient (Wildman–Crippen LogP) is 2.76. The number of halogens is 4. The van der Waals surface area contributed by atoms with E-state index in [1.165, 1.54) is 12.1 Å². The molecule has 0 saturated heterocycles. The molecule has 0 aromatic heterocycles. The zero-order valence-corrected chi connectivity index (χ0v) is 10.4. The molecule has 0 heterocycles. The van der Waals surface area contributed by atoms with Gasteiger partial charge in [0.2, 0.25) is 0 Å². The number of hydrogen-bond donors (Lipinski definition) is 1. The Labute approximate surface area is 108 Å². The molecule has 1 aromatic rings. The first kappa shape index (κ1) is 13.1. The minimum Gasteiger partial charge on any atom is -0.341 e. The minimum absolute atomic E-state index is 0.145.